The van der Waals surface area contributed by atoms with Crippen LogP contribution in [-0.2, 0) is 27.2 Å². The summed E-state index contributed by atoms with van der Waals surface area (Å²) in [7, 11) is 0. The molecule has 2 heterocycles. The van der Waals surface area contributed by atoms with E-state index < -0.39 is 24.1 Å². The Morgan fingerprint density at radius 2 is 1.76 bits per heavy atom. The standard InChI is InChI=1S/C20H27N5O2.C4H6O6/c26-20-12-9-15-14-17(10-11-18(15)21-20)27-13-5-4-8-19-22-23-24-25(19)16-6-2-1-3-7-16;5-1(3(7)8)2(6)4(9)10/h10-11,14,16H,1-9,12-13H2,(H,21,26);1-2,5-6H,(H,7,8)(H,9,10). The van der Waals surface area contributed by atoms with Crippen LogP contribution in [0.1, 0.15) is 68.8 Å². The van der Waals surface area contributed by atoms with Gasteiger partial charge in [-0.15, -0.1) is 5.10 Å². The molecule has 2 aliphatic rings. The van der Waals surface area contributed by atoms with E-state index in [0.717, 1.165) is 48.5 Å². The summed E-state index contributed by atoms with van der Waals surface area (Å²) in [4.78, 5) is 31.0. The highest BCUT2D eigenvalue weighted by molar-refractivity contribution is 5.94. The molecule has 1 aliphatic carbocycles. The Bertz CT molecular complexity index is 1050. The predicted octanol–water partition coefficient (Wildman–Crippen LogP) is 1.34. The molecule has 0 radical (unpaired) electrons. The number of nitrogens with one attached hydrogen (secondary N) is 1. The van der Waals surface area contributed by atoms with Crippen molar-refractivity contribution in [2.45, 2.75) is 82.5 Å². The van der Waals surface area contributed by atoms with Crippen molar-refractivity contribution in [3.63, 3.8) is 0 Å². The number of hydrogen-bond donors (Lipinski definition) is 5. The second-order valence-corrected chi connectivity index (χ2v) is 9.07. The van der Waals surface area contributed by atoms with Gasteiger partial charge in [-0.3, -0.25) is 4.79 Å². The van der Waals surface area contributed by atoms with E-state index in [9.17, 15) is 14.4 Å². The van der Waals surface area contributed by atoms with Gasteiger partial charge >= 0.3 is 11.9 Å². The van der Waals surface area contributed by atoms with E-state index in [1.54, 1.807) is 0 Å². The summed E-state index contributed by atoms with van der Waals surface area (Å²) in [5, 5.41) is 47.8. The molecule has 0 bridgehead atoms. The molecule has 5 N–H and O–H groups in total. The van der Waals surface area contributed by atoms with Gasteiger partial charge in [-0.2, -0.15) is 0 Å². The molecule has 13 nitrogen and oxygen atoms in total. The lowest BCUT2D eigenvalue weighted by Gasteiger charge is -2.22. The average molecular weight is 520 g/mol. The van der Waals surface area contributed by atoms with E-state index in [4.69, 9.17) is 25.2 Å². The first-order valence-corrected chi connectivity index (χ1v) is 12.4. The van der Waals surface area contributed by atoms with Crippen molar-refractivity contribution in [3.8, 4) is 5.75 Å². The molecule has 4 rings (SSSR count). The number of anilines is 1. The third kappa shape index (κ3) is 8.22. The average Bonchev–Trinajstić information content (AvgIpc) is 3.37. The number of carbonyl (C=O) groups excluding carboxylic acids is 1. The monoisotopic (exact) mass is 519 g/mol. The number of hydrogen-bond acceptors (Lipinski definition) is 9. The lowest BCUT2D eigenvalue weighted by molar-refractivity contribution is -0.165. The van der Waals surface area contributed by atoms with Gasteiger partial charge in [0.25, 0.3) is 0 Å². The summed E-state index contributed by atoms with van der Waals surface area (Å²) in [6.07, 6.45) is 5.94. The molecule has 1 saturated carbocycles. The van der Waals surface area contributed by atoms with Gasteiger partial charge in [-0.1, -0.05) is 19.3 Å². The van der Waals surface area contributed by atoms with Gasteiger partial charge in [0.15, 0.2) is 18.0 Å². The number of nitrogens with zero attached hydrogens (tertiary/aromatic N) is 4. The molecule has 1 amide bonds. The SMILES string of the molecule is O=C(O)C(O)C(O)C(=O)O.O=C1CCc2cc(OCCCCc3nnnn3C3CCCCC3)ccc2N1. The third-order valence-electron chi connectivity index (χ3n) is 6.32. The largest absolute Gasteiger partial charge is 0.494 e. The molecule has 1 aromatic carbocycles. The Balaban J connectivity index is 0.000000325. The fourth-order valence-electron chi connectivity index (χ4n) is 4.28. The zero-order valence-electron chi connectivity index (χ0n) is 20.5. The number of carboxylic acid groups (broad SMARTS) is 2. The number of aliphatic carboxylic acids is 2. The number of aromatic nitrogens is 4. The van der Waals surface area contributed by atoms with E-state index in [-0.39, 0.29) is 5.91 Å². The van der Waals surface area contributed by atoms with E-state index in [0.29, 0.717) is 19.1 Å². The number of carbonyl (C=O) groups is 3. The predicted molar refractivity (Wildman–Crippen MR) is 129 cm³/mol. The quantitative estimate of drug-likeness (QED) is 0.284. The highest BCUT2D eigenvalue weighted by Gasteiger charge is 2.29. The number of aliphatic hydroxyl groups excluding tert-OH is 2. The second-order valence-electron chi connectivity index (χ2n) is 9.07. The second kappa shape index (κ2) is 13.7. The van der Waals surface area contributed by atoms with Gasteiger partial charge in [0.2, 0.25) is 5.91 Å². The molecule has 2 aromatic rings. The van der Waals surface area contributed by atoms with E-state index >= 15 is 0 Å². The molecular weight excluding hydrogens is 486 g/mol. The third-order valence-corrected chi connectivity index (χ3v) is 6.32. The number of benzene rings is 1. The van der Waals surface area contributed by atoms with Gasteiger partial charge in [0, 0.05) is 18.5 Å². The molecular formula is C24H33N5O8. The molecule has 0 saturated heterocycles. The smallest absolute Gasteiger partial charge is 0.335 e. The Hall–Kier alpha value is -3.58. The Morgan fingerprint density at radius 1 is 1.05 bits per heavy atom. The van der Waals surface area contributed by atoms with Crippen molar-refractivity contribution in [3.05, 3.63) is 29.6 Å². The topological polar surface area (TPSA) is 197 Å². The summed E-state index contributed by atoms with van der Waals surface area (Å²) in [5.41, 5.74) is 2.06. The van der Waals surface area contributed by atoms with E-state index in [1.165, 1.54) is 32.1 Å². The van der Waals surface area contributed by atoms with Crippen LogP contribution in [-0.4, -0.2) is 77.3 Å². The summed E-state index contributed by atoms with van der Waals surface area (Å²) >= 11 is 0. The molecule has 1 fully saturated rings. The summed E-state index contributed by atoms with van der Waals surface area (Å²) < 4.78 is 7.95. The molecule has 202 valence electrons. The van der Waals surface area contributed by atoms with E-state index in [1.807, 2.05) is 18.2 Å². The zero-order valence-corrected chi connectivity index (χ0v) is 20.5. The highest BCUT2D eigenvalue weighted by Crippen LogP contribution is 2.28. The number of rotatable bonds is 10. The number of aryl methyl sites for hydroxylation is 2. The van der Waals surface area contributed by atoms with Crippen molar-refractivity contribution < 1.29 is 39.5 Å². The molecule has 1 aliphatic heterocycles. The number of amides is 1. The van der Waals surface area contributed by atoms with Gasteiger partial charge in [0.05, 0.1) is 12.6 Å². The van der Waals surface area contributed by atoms with Crippen LogP contribution in [0.2, 0.25) is 0 Å². The maximum absolute atomic E-state index is 11.4. The van der Waals surface area contributed by atoms with Crippen LogP contribution in [0.25, 0.3) is 0 Å². The van der Waals surface area contributed by atoms with E-state index in [2.05, 4.69) is 25.5 Å². The summed E-state index contributed by atoms with van der Waals surface area (Å²) in [5.74, 6) is -1.57. The fraction of sp³-hybridized carbons (Fsp3) is 0.583. The molecule has 2 atom stereocenters. The lowest BCUT2D eigenvalue weighted by Crippen LogP contribution is -2.39. The molecule has 1 aromatic heterocycles. The molecule has 13 heteroatoms. The first-order valence-electron chi connectivity index (χ1n) is 12.4. The van der Waals surface area contributed by atoms with Crippen LogP contribution in [0.4, 0.5) is 5.69 Å². The number of ether oxygens (including phenoxy) is 1. The van der Waals surface area contributed by atoms with Crippen molar-refractivity contribution in [2.24, 2.45) is 0 Å². The minimum atomic E-state index is -2.27. The summed E-state index contributed by atoms with van der Waals surface area (Å²) in [6.45, 7) is 0.677. The van der Waals surface area contributed by atoms with Crippen LogP contribution in [0.15, 0.2) is 18.2 Å². The highest BCUT2D eigenvalue weighted by atomic mass is 16.5. The van der Waals surface area contributed by atoms with Gasteiger partial charge in [-0.05, 0) is 66.3 Å². The number of fused-ring (bicyclic) bond motifs is 1. The first-order chi connectivity index (χ1) is 17.8. The number of carboxylic acids is 2. The van der Waals surface area contributed by atoms with Crippen molar-refractivity contribution in [2.75, 3.05) is 11.9 Å². The lowest BCUT2D eigenvalue weighted by atomic mass is 9.95. The summed E-state index contributed by atoms with van der Waals surface area (Å²) in [6, 6.07) is 6.38. The van der Waals surface area contributed by atoms with Crippen molar-refractivity contribution in [1.82, 2.24) is 20.2 Å². The normalized spacial score (nSPS) is 17.0. The van der Waals surface area contributed by atoms with Crippen LogP contribution < -0.4 is 10.1 Å². The van der Waals surface area contributed by atoms with Gasteiger partial charge < -0.3 is 30.5 Å². The Kier molecular flexibility index (Phi) is 10.3. The van der Waals surface area contributed by atoms with Crippen LogP contribution in [0.3, 0.4) is 0 Å². The van der Waals surface area contributed by atoms with Crippen molar-refractivity contribution >= 4 is 23.5 Å². The first kappa shape index (κ1) is 28.0. The van der Waals surface area contributed by atoms with Crippen molar-refractivity contribution in [1.29, 1.82) is 0 Å². The zero-order chi connectivity index (χ0) is 26.8. The number of tetrazole rings is 1. The van der Waals surface area contributed by atoms with Gasteiger partial charge in [0.1, 0.15) is 5.75 Å². The minimum Gasteiger partial charge on any atom is -0.494 e. The molecule has 2 unspecified atom stereocenters. The van der Waals surface area contributed by atoms with Crippen LogP contribution in [0.5, 0.6) is 5.75 Å². The molecule has 0 spiro atoms. The van der Waals surface area contributed by atoms with Crippen LogP contribution >= 0.6 is 0 Å². The Morgan fingerprint density at radius 3 is 2.43 bits per heavy atom. The van der Waals surface area contributed by atoms with Crippen LogP contribution in [0, 0.1) is 0 Å². The minimum absolute atomic E-state index is 0.0896. The number of aliphatic hydroxyl groups is 2. The number of unbranched alkanes of at least 4 members (excludes halogenated alkanes) is 1. The maximum Gasteiger partial charge on any atom is 0.335 e. The fourth-order valence-corrected chi connectivity index (χ4v) is 4.28. The molecule has 37 heavy (non-hydrogen) atoms. The van der Waals surface area contributed by atoms with Gasteiger partial charge in [-0.25, -0.2) is 14.3 Å². The maximum atomic E-state index is 11.4. The Labute approximate surface area is 213 Å².